The number of ether oxygens (including phenoxy) is 1. The van der Waals surface area contributed by atoms with Crippen molar-refractivity contribution < 1.29 is 9.53 Å². The highest BCUT2D eigenvalue weighted by molar-refractivity contribution is 5.65. The molecule has 1 aliphatic rings. The van der Waals surface area contributed by atoms with E-state index in [1.807, 2.05) is 0 Å². The van der Waals surface area contributed by atoms with Gasteiger partial charge in [0.25, 0.3) is 0 Å². The third-order valence-electron chi connectivity index (χ3n) is 3.68. The van der Waals surface area contributed by atoms with Crippen molar-refractivity contribution in [2.75, 3.05) is 6.61 Å². The molecule has 0 radical (unpaired) electrons. The molecule has 0 aromatic heterocycles. The maximum atomic E-state index is 10.7. The predicted octanol–water partition coefficient (Wildman–Crippen LogP) is 2.79. The van der Waals surface area contributed by atoms with Crippen LogP contribution in [0.15, 0.2) is 11.6 Å². The molecule has 0 heterocycles. The average molecular weight is 196 g/mol. The van der Waals surface area contributed by atoms with Gasteiger partial charge in [0.15, 0.2) is 0 Å². The largest absolute Gasteiger partial charge is 0.465 e. The molecule has 0 spiro atoms. The molecule has 2 atom stereocenters. The molecular formula is C12H20O2. The number of hydrogen-bond acceptors (Lipinski definition) is 2. The highest BCUT2D eigenvalue weighted by Gasteiger charge is 2.39. The van der Waals surface area contributed by atoms with Crippen LogP contribution in [0, 0.1) is 17.3 Å². The third kappa shape index (κ3) is 1.99. The maximum Gasteiger partial charge on any atom is 0.302 e. The molecule has 0 bridgehead atoms. The summed E-state index contributed by atoms with van der Waals surface area (Å²) in [5.74, 6) is 0.746. The van der Waals surface area contributed by atoms with E-state index in [1.54, 1.807) is 0 Å². The Kier molecular flexibility index (Phi) is 3.03. The Morgan fingerprint density at radius 3 is 2.50 bits per heavy atom. The van der Waals surface area contributed by atoms with E-state index in [0.717, 1.165) is 0 Å². The van der Waals surface area contributed by atoms with E-state index in [-0.39, 0.29) is 11.4 Å². The molecule has 0 aromatic carbocycles. The molecule has 0 saturated carbocycles. The van der Waals surface area contributed by atoms with Crippen LogP contribution in [0.2, 0.25) is 0 Å². The normalized spacial score (nSPS) is 29.9. The Morgan fingerprint density at radius 1 is 1.57 bits per heavy atom. The van der Waals surface area contributed by atoms with E-state index >= 15 is 0 Å². The lowest BCUT2D eigenvalue weighted by molar-refractivity contribution is -0.142. The molecular weight excluding hydrogens is 176 g/mol. The van der Waals surface area contributed by atoms with Crippen LogP contribution in [0.3, 0.4) is 0 Å². The summed E-state index contributed by atoms with van der Waals surface area (Å²) in [5.41, 5.74) is 1.62. The molecule has 2 heteroatoms. The predicted molar refractivity (Wildman–Crippen MR) is 56.8 cm³/mol. The number of carbonyl (C=O) groups excluding carboxylic acids is 1. The van der Waals surface area contributed by atoms with Gasteiger partial charge in [-0.1, -0.05) is 32.4 Å². The van der Waals surface area contributed by atoms with E-state index in [0.29, 0.717) is 18.4 Å². The lowest BCUT2D eigenvalue weighted by atomic mass is 9.74. The first-order valence-electron chi connectivity index (χ1n) is 5.17. The molecule has 0 aromatic rings. The van der Waals surface area contributed by atoms with Crippen molar-refractivity contribution >= 4 is 5.97 Å². The van der Waals surface area contributed by atoms with Gasteiger partial charge in [-0.15, -0.1) is 0 Å². The summed E-state index contributed by atoms with van der Waals surface area (Å²) >= 11 is 0. The van der Waals surface area contributed by atoms with Crippen LogP contribution in [0.1, 0.15) is 34.6 Å². The third-order valence-corrected chi connectivity index (χ3v) is 3.68. The van der Waals surface area contributed by atoms with Gasteiger partial charge >= 0.3 is 5.97 Å². The van der Waals surface area contributed by atoms with Gasteiger partial charge in [-0.25, -0.2) is 0 Å². The summed E-state index contributed by atoms with van der Waals surface area (Å²) in [7, 11) is 0. The monoisotopic (exact) mass is 196 g/mol. The van der Waals surface area contributed by atoms with Crippen molar-refractivity contribution in [2.24, 2.45) is 17.3 Å². The lowest BCUT2D eigenvalue weighted by Gasteiger charge is -2.31. The van der Waals surface area contributed by atoms with Crippen LogP contribution in [0.5, 0.6) is 0 Å². The summed E-state index contributed by atoms with van der Waals surface area (Å²) in [6, 6.07) is 0. The molecule has 0 N–H and O–H groups in total. The minimum absolute atomic E-state index is 0.189. The van der Waals surface area contributed by atoms with Crippen LogP contribution < -0.4 is 0 Å². The number of allylic oxidation sites excluding steroid dienone is 1. The van der Waals surface area contributed by atoms with Crippen molar-refractivity contribution in [2.45, 2.75) is 34.6 Å². The summed E-state index contributed by atoms with van der Waals surface area (Å²) in [6.45, 7) is 10.8. The van der Waals surface area contributed by atoms with Crippen LogP contribution >= 0.6 is 0 Å². The smallest absolute Gasteiger partial charge is 0.302 e. The molecule has 1 rings (SSSR count). The quantitative estimate of drug-likeness (QED) is 0.501. The van der Waals surface area contributed by atoms with Crippen LogP contribution in [0.25, 0.3) is 0 Å². The molecule has 0 saturated heterocycles. The minimum Gasteiger partial charge on any atom is -0.465 e. The van der Waals surface area contributed by atoms with Gasteiger partial charge < -0.3 is 4.74 Å². The van der Waals surface area contributed by atoms with Gasteiger partial charge in [0.2, 0.25) is 0 Å². The van der Waals surface area contributed by atoms with Crippen LogP contribution in [-0.4, -0.2) is 12.6 Å². The summed E-state index contributed by atoms with van der Waals surface area (Å²) in [5, 5.41) is 0. The number of esters is 1. The SMILES string of the molecule is CC(=O)OCC1C=C(C)[C@@H](C)C1(C)C. The molecule has 0 amide bonds. The fourth-order valence-electron chi connectivity index (χ4n) is 2.05. The Labute approximate surface area is 86.3 Å². The molecule has 80 valence electrons. The number of hydrogen-bond donors (Lipinski definition) is 0. The Balaban J connectivity index is 2.66. The highest BCUT2D eigenvalue weighted by Crippen LogP contribution is 2.46. The van der Waals surface area contributed by atoms with E-state index in [9.17, 15) is 4.79 Å². The average Bonchev–Trinajstić information content (AvgIpc) is 2.26. The summed E-state index contributed by atoms with van der Waals surface area (Å²) < 4.78 is 5.07. The van der Waals surface area contributed by atoms with Gasteiger partial charge in [-0.05, 0) is 18.3 Å². The number of rotatable bonds is 2. The van der Waals surface area contributed by atoms with Crippen molar-refractivity contribution in [3.8, 4) is 0 Å². The van der Waals surface area contributed by atoms with Crippen LogP contribution in [-0.2, 0) is 9.53 Å². The van der Waals surface area contributed by atoms with E-state index < -0.39 is 0 Å². The fraction of sp³-hybridized carbons (Fsp3) is 0.750. The van der Waals surface area contributed by atoms with Gasteiger partial charge in [-0.3, -0.25) is 4.79 Å². The second kappa shape index (κ2) is 3.76. The summed E-state index contributed by atoms with van der Waals surface area (Å²) in [4.78, 5) is 10.7. The minimum atomic E-state index is -0.189. The molecule has 0 fully saturated rings. The molecule has 1 aliphatic carbocycles. The topological polar surface area (TPSA) is 26.3 Å². The standard InChI is InChI=1S/C12H20O2/c1-8-6-11(7-14-10(3)13)12(4,5)9(8)2/h6,9,11H,7H2,1-5H3/t9-,11?/m1/s1. The first kappa shape index (κ1) is 11.3. The maximum absolute atomic E-state index is 10.7. The fourth-order valence-corrected chi connectivity index (χ4v) is 2.05. The van der Waals surface area contributed by atoms with E-state index in [2.05, 4.69) is 33.8 Å². The van der Waals surface area contributed by atoms with Gasteiger partial charge in [0, 0.05) is 12.8 Å². The zero-order valence-electron chi connectivity index (χ0n) is 9.76. The first-order chi connectivity index (χ1) is 6.35. The summed E-state index contributed by atoms with van der Waals surface area (Å²) in [6.07, 6.45) is 2.24. The van der Waals surface area contributed by atoms with Crippen molar-refractivity contribution in [1.82, 2.24) is 0 Å². The molecule has 0 aliphatic heterocycles. The zero-order chi connectivity index (χ0) is 10.9. The Morgan fingerprint density at radius 2 is 2.14 bits per heavy atom. The molecule has 1 unspecified atom stereocenters. The Bertz CT molecular complexity index is 263. The van der Waals surface area contributed by atoms with Gasteiger partial charge in [-0.2, -0.15) is 0 Å². The zero-order valence-corrected chi connectivity index (χ0v) is 9.76. The second-order valence-corrected chi connectivity index (χ2v) is 4.86. The highest BCUT2D eigenvalue weighted by atomic mass is 16.5. The second-order valence-electron chi connectivity index (χ2n) is 4.86. The van der Waals surface area contributed by atoms with Crippen molar-refractivity contribution in [1.29, 1.82) is 0 Å². The van der Waals surface area contributed by atoms with E-state index in [4.69, 9.17) is 4.74 Å². The van der Waals surface area contributed by atoms with Crippen LogP contribution in [0.4, 0.5) is 0 Å². The first-order valence-corrected chi connectivity index (χ1v) is 5.17. The van der Waals surface area contributed by atoms with Crippen molar-refractivity contribution in [3.05, 3.63) is 11.6 Å². The number of carbonyl (C=O) groups is 1. The van der Waals surface area contributed by atoms with Gasteiger partial charge in [0.05, 0.1) is 6.61 Å². The molecule has 14 heavy (non-hydrogen) atoms. The Hall–Kier alpha value is -0.790. The van der Waals surface area contributed by atoms with E-state index in [1.165, 1.54) is 12.5 Å². The molecule has 2 nitrogen and oxygen atoms in total. The van der Waals surface area contributed by atoms with Gasteiger partial charge in [0.1, 0.15) is 0 Å². The lowest BCUT2D eigenvalue weighted by Crippen LogP contribution is -2.28. The van der Waals surface area contributed by atoms with Crippen molar-refractivity contribution in [3.63, 3.8) is 0 Å².